The smallest absolute Gasteiger partial charge is 0.253 e. The number of carbonyl (C=O) groups is 1. The van der Waals surface area contributed by atoms with Crippen LogP contribution in [0.3, 0.4) is 0 Å². The standard InChI is InChI=1S/C16H20N4O/c1-12-9-10-20(19-12)15-8-7-13(11-17-15)16(21)18-14-5-3-2-4-6-14/h7-11,14H,2-6H2,1H3,(H,18,21). The van der Waals surface area contributed by atoms with Crippen molar-refractivity contribution in [3.05, 3.63) is 41.9 Å². The summed E-state index contributed by atoms with van der Waals surface area (Å²) < 4.78 is 1.71. The van der Waals surface area contributed by atoms with Crippen LogP contribution in [0.4, 0.5) is 0 Å². The van der Waals surface area contributed by atoms with Gasteiger partial charge in [-0.3, -0.25) is 4.79 Å². The Bertz CT molecular complexity index is 611. The molecule has 1 aliphatic rings. The molecule has 0 spiro atoms. The number of nitrogens with zero attached hydrogens (tertiary/aromatic N) is 3. The average Bonchev–Trinajstić information content (AvgIpc) is 2.95. The van der Waals surface area contributed by atoms with Crippen LogP contribution < -0.4 is 5.32 Å². The Kier molecular flexibility index (Phi) is 3.99. The zero-order valence-corrected chi connectivity index (χ0v) is 12.2. The Morgan fingerprint density at radius 1 is 1.24 bits per heavy atom. The fraction of sp³-hybridized carbons (Fsp3) is 0.438. The first-order chi connectivity index (χ1) is 10.2. The number of pyridine rings is 1. The van der Waals surface area contributed by atoms with Gasteiger partial charge in [-0.1, -0.05) is 19.3 Å². The van der Waals surface area contributed by atoms with E-state index in [0.29, 0.717) is 11.6 Å². The van der Waals surface area contributed by atoms with Gasteiger partial charge >= 0.3 is 0 Å². The van der Waals surface area contributed by atoms with Gasteiger partial charge in [-0.15, -0.1) is 0 Å². The van der Waals surface area contributed by atoms with Gasteiger partial charge in [-0.2, -0.15) is 5.10 Å². The molecule has 1 fully saturated rings. The molecular weight excluding hydrogens is 264 g/mol. The van der Waals surface area contributed by atoms with E-state index in [1.165, 1.54) is 19.3 Å². The first-order valence-electron chi connectivity index (χ1n) is 7.52. The van der Waals surface area contributed by atoms with Gasteiger partial charge in [-0.25, -0.2) is 9.67 Å². The van der Waals surface area contributed by atoms with Gasteiger partial charge in [0.2, 0.25) is 0 Å². The van der Waals surface area contributed by atoms with Crippen molar-refractivity contribution in [2.24, 2.45) is 0 Å². The van der Waals surface area contributed by atoms with Gasteiger partial charge in [0.1, 0.15) is 0 Å². The maximum atomic E-state index is 12.2. The maximum Gasteiger partial charge on any atom is 0.253 e. The lowest BCUT2D eigenvalue weighted by molar-refractivity contribution is 0.0927. The monoisotopic (exact) mass is 284 g/mol. The molecule has 1 saturated carbocycles. The van der Waals surface area contributed by atoms with Gasteiger partial charge in [0.25, 0.3) is 5.91 Å². The Balaban J connectivity index is 1.67. The van der Waals surface area contributed by atoms with E-state index in [0.717, 1.165) is 24.4 Å². The number of nitrogens with one attached hydrogen (secondary N) is 1. The van der Waals surface area contributed by atoms with Crippen molar-refractivity contribution >= 4 is 5.91 Å². The molecule has 1 amide bonds. The highest BCUT2D eigenvalue weighted by Crippen LogP contribution is 2.17. The highest BCUT2D eigenvalue weighted by molar-refractivity contribution is 5.94. The first-order valence-corrected chi connectivity index (χ1v) is 7.52. The van der Waals surface area contributed by atoms with Gasteiger partial charge in [-0.05, 0) is 38.0 Å². The molecule has 2 heterocycles. The number of aryl methyl sites for hydroxylation is 1. The van der Waals surface area contributed by atoms with Crippen molar-refractivity contribution in [3.63, 3.8) is 0 Å². The van der Waals surface area contributed by atoms with Crippen LogP contribution in [-0.2, 0) is 0 Å². The number of amides is 1. The number of aromatic nitrogens is 3. The van der Waals surface area contributed by atoms with Crippen LogP contribution in [0.1, 0.15) is 48.2 Å². The van der Waals surface area contributed by atoms with Crippen LogP contribution in [-0.4, -0.2) is 26.7 Å². The molecule has 1 N–H and O–H groups in total. The molecule has 5 heteroatoms. The largest absolute Gasteiger partial charge is 0.349 e. The minimum Gasteiger partial charge on any atom is -0.349 e. The van der Waals surface area contributed by atoms with Crippen LogP contribution in [0.2, 0.25) is 0 Å². The minimum atomic E-state index is -0.0300. The molecule has 5 nitrogen and oxygen atoms in total. The molecule has 1 aliphatic carbocycles. The van der Waals surface area contributed by atoms with E-state index in [2.05, 4.69) is 15.4 Å². The molecule has 21 heavy (non-hydrogen) atoms. The molecule has 110 valence electrons. The zero-order chi connectivity index (χ0) is 14.7. The van der Waals surface area contributed by atoms with E-state index in [9.17, 15) is 4.79 Å². The van der Waals surface area contributed by atoms with E-state index in [1.807, 2.05) is 25.3 Å². The van der Waals surface area contributed by atoms with Crippen molar-refractivity contribution in [2.75, 3.05) is 0 Å². The first kappa shape index (κ1) is 13.8. The van der Waals surface area contributed by atoms with Crippen LogP contribution in [0.25, 0.3) is 5.82 Å². The van der Waals surface area contributed by atoms with Crippen molar-refractivity contribution in [1.29, 1.82) is 0 Å². The molecule has 2 aromatic rings. The van der Waals surface area contributed by atoms with Crippen LogP contribution in [0, 0.1) is 6.92 Å². The number of hydrogen-bond acceptors (Lipinski definition) is 3. The lowest BCUT2D eigenvalue weighted by atomic mass is 9.95. The molecule has 0 unspecified atom stereocenters. The normalized spacial score (nSPS) is 15.9. The molecule has 0 bridgehead atoms. The lowest BCUT2D eigenvalue weighted by Crippen LogP contribution is -2.36. The second kappa shape index (κ2) is 6.08. The van der Waals surface area contributed by atoms with Gasteiger partial charge in [0.15, 0.2) is 5.82 Å². The molecule has 0 saturated heterocycles. The fourth-order valence-corrected chi connectivity index (χ4v) is 2.71. The Morgan fingerprint density at radius 3 is 2.67 bits per heavy atom. The number of carbonyl (C=O) groups excluding carboxylic acids is 1. The minimum absolute atomic E-state index is 0.0300. The molecule has 0 aliphatic heterocycles. The average molecular weight is 284 g/mol. The van der Waals surface area contributed by atoms with Crippen LogP contribution in [0.15, 0.2) is 30.6 Å². The summed E-state index contributed by atoms with van der Waals surface area (Å²) in [5, 5.41) is 7.40. The highest BCUT2D eigenvalue weighted by atomic mass is 16.1. The predicted molar refractivity (Wildman–Crippen MR) is 80.4 cm³/mol. The summed E-state index contributed by atoms with van der Waals surface area (Å²) in [7, 11) is 0. The van der Waals surface area contributed by atoms with Gasteiger partial charge in [0.05, 0.1) is 11.3 Å². The predicted octanol–water partition coefficient (Wildman–Crippen LogP) is 2.64. The topological polar surface area (TPSA) is 59.8 Å². The molecule has 2 aromatic heterocycles. The summed E-state index contributed by atoms with van der Waals surface area (Å²) in [6.07, 6.45) is 9.35. The summed E-state index contributed by atoms with van der Waals surface area (Å²) in [5.41, 5.74) is 1.55. The summed E-state index contributed by atoms with van der Waals surface area (Å²) in [6, 6.07) is 5.87. The third-order valence-corrected chi connectivity index (χ3v) is 3.91. The zero-order valence-electron chi connectivity index (χ0n) is 12.2. The SMILES string of the molecule is Cc1ccn(-c2ccc(C(=O)NC3CCCCC3)cn2)n1. The lowest BCUT2D eigenvalue weighted by Gasteiger charge is -2.22. The summed E-state index contributed by atoms with van der Waals surface area (Å²) >= 11 is 0. The van der Waals surface area contributed by atoms with Crippen molar-refractivity contribution in [2.45, 2.75) is 45.1 Å². The fourth-order valence-electron chi connectivity index (χ4n) is 2.71. The van der Waals surface area contributed by atoms with Gasteiger partial charge in [0, 0.05) is 18.4 Å². The number of rotatable bonds is 3. The molecule has 0 aromatic carbocycles. The maximum absolute atomic E-state index is 12.2. The van der Waals surface area contributed by atoms with E-state index in [1.54, 1.807) is 16.9 Å². The van der Waals surface area contributed by atoms with E-state index < -0.39 is 0 Å². The van der Waals surface area contributed by atoms with Crippen molar-refractivity contribution in [1.82, 2.24) is 20.1 Å². The van der Waals surface area contributed by atoms with E-state index >= 15 is 0 Å². The van der Waals surface area contributed by atoms with Crippen molar-refractivity contribution in [3.8, 4) is 5.82 Å². The molecular formula is C16H20N4O. The van der Waals surface area contributed by atoms with Crippen LogP contribution >= 0.6 is 0 Å². The summed E-state index contributed by atoms with van der Waals surface area (Å²) in [4.78, 5) is 16.5. The molecule has 0 radical (unpaired) electrons. The van der Waals surface area contributed by atoms with Crippen molar-refractivity contribution < 1.29 is 4.79 Å². The third kappa shape index (κ3) is 3.29. The van der Waals surface area contributed by atoms with Gasteiger partial charge < -0.3 is 5.32 Å². The summed E-state index contributed by atoms with van der Waals surface area (Å²) in [6.45, 7) is 1.93. The quantitative estimate of drug-likeness (QED) is 0.942. The number of hydrogen-bond donors (Lipinski definition) is 1. The van der Waals surface area contributed by atoms with E-state index in [-0.39, 0.29) is 5.91 Å². The second-order valence-corrected chi connectivity index (χ2v) is 5.62. The Hall–Kier alpha value is -2.17. The second-order valence-electron chi connectivity index (χ2n) is 5.62. The summed E-state index contributed by atoms with van der Waals surface area (Å²) in [5.74, 6) is 0.690. The molecule has 3 rings (SSSR count). The third-order valence-electron chi connectivity index (χ3n) is 3.91. The van der Waals surface area contributed by atoms with Crippen LogP contribution in [0.5, 0.6) is 0 Å². The highest BCUT2D eigenvalue weighted by Gasteiger charge is 2.16. The Labute approximate surface area is 124 Å². The Morgan fingerprint density at radius 2 is 2.05 bits per heavy atom. The van der Waals surface area contributed by atoms with E-state index in [4.69, 9.17) is 0 Å². The molecule has 0 atom stereocenters.